The van der Waals surface area contributed by atoms with E-state index in [9.17, 15) is 9.18 Å². The molecule has 0 aromatic heterocycles. The first-order valence-electron chi connectivity index (χ1n) is 5.38. The fourth-order valence-corrected chi connectivity index (χ4v) is 2.00. The predicted molar refractivity (Wildman–Crippen MR) is 66.5 cm³/mol. The summed E-state index contributed by atoms with van der Waals surface area (Å²) in [7, 11) is 1.41. The minimum atomic E-state index is -0.936. The Morgan fingerprint density at radius 1 is 1.67 bits per heavy atom. The van der Waals surface area contributed by atoms with Gasteiger partial charge in [-0.25, -0.2) is 4.39 Å². The molecule has 0 saturated carbocycles. The fraction of sp³-hybridized carbons (Fsp3) is 0.417. The lowest BCUT2D eigenvalue weighted by Crippen LogP contribution is -2.14. The maximum Gasteiger partial charge on any atom is 0.303 e. The number of aliphatic carboxylic acids is 1. The van der Waals surface area contributed by atoms with Crippen LogP contribution in [0.1, 0.15) is 30.0 Å². The quantitative estimate of drug-likeness (QED) is 0.866. The average Bonchev–Trinajstić information content (AvgIpc) is 2.32. The van der Waals surface area contributed by atoms with Crippen molar-refractivity contribution >= 4 is 17.6 Å². The first-order chi connectivity index (χ1) is 8.38. The summed E-state index contributed by atoms with van der Waals surface area (Å²) in [5.74, 6) is -1.17. The number of rotatable bonds is 5. The third-order valence-electron chi connectivity index (χ3n) is 2.70. The number of carboxylic acid groups (broad SMARTS) is 1. The molecule has 0 aliphatic heterocycles. The predicted octanol–water partition coefficient (Wildman–Crippen LogP) is 2.66. The van der Waals surface area contributed by atoms with Crippen molar-refractivity contribution in [2.75, 3.05) is 7.11 Å². The standard InChI is InChI=1S/C12H15ClFNO3/c1-6-11(14)8(13)5-7(12(6)18-2)9(15)3-4-10(16)17/h5,9H,3-4,15H2,1-2H3,(H,16,17). The second-order valence-electron chi connectivity index (χ2n) is 3.96. The molecule has 100 valence electrons. The van der Waals surface area contributed by atoms with E-state index >= 15 is 0 Å². The molecule has 0 bridgehead atoms. The van der Waals surface area contributed by atoms with Crippen LogP contribution in [0.3, 0.4) is 0 Å². The minimum absolute atomic E-state index is 0.0472. The molecule has 0 spiro atoms. The summed E-state index contributed by atoms with van der Waals surface area (Å²) in [6.07, 6.45) is 0.158. The second kappa shape index (κ2) is 6.02. The number of carboxylic acids is 1. The van der Waals surface area contributed by atoms with Crippen molar-refractivity contribution in [3.05, 3.63) is 28.0 Å². The summed E-state index contributed by atoms with van der Waals surface area (Å²) in [4.78, 5) is 10.5. The van der Waals surface area contributed by atoms with Crippen LogP contribution >= 0.6 is 11.6 Å². The van der Waals surface area contributed by atoms with Crippen LogP contribution < -0.4 is 10.5 Å². The van der Waals surface area contributed by atoms with Crippen molar-refractivity contribution in [3.8, 4) is 5.75 Å². The lowest BCUT2D eigenvalue weighted by Gasteiger charge is -2.18. The van der Waals surface area contributed by atoms with Crippen LogP contribution in [-0.4, -0.2) is 18.2 Å². The van der Waals surface area contributed by atoms with Crippen molar-refractivity contribution in [1.82, 2.24) is 0 Å². The van der Waals surface area contributed by atoms with Gasteiger partial charge in [0.15, 0.2) is 0 Å². The van der Waals surface area contributed by atoms with Crippen LogP contribution in [0, 0.1) is 12.7 Å². The monoisotopic (exact) mass is 275 g/mol. The van der Waals surface area contributed by atoms with Crippen LogP contribution in [0.25, 0.3) is 0 Å². The molecule has 0 aliphatic carbocycles. The number of methoxy groups -OCH3 is 1. The van der Waals surface area contributed by atoms with E-state index in [1.165, 1.54) is 20.1 Å². The molecule has 1 aromatic carbocycles. The van der Waals surface area contributed by atoms with Gasteiger partial charge < -0.3 is 15.6 Å². The molecule has 0 radical (unpaired) electrons. The number of hydrogen-bond donors (Lipinski definition) is 2. The molecular formula is C12H15ClFNO3. The van der Waals surface area contributed by atoms with Crippen molar-refractivity contribution in [3.63, 3.8) is 0 Å². The van der Waals surface area contributed by atoms with E-state index in [-0.39, 0.29) is 23.4 Å². The van der Waals surface area contributed by atoms with Gasteiger partial charge in [-0.2, -0.15) is 0 Å². The SMILES string of the molecule is COc1c(C(N)CCC(=O)O)cc(Cl)c(F)c1C. The summed E-state index contributed by atoms with van der Waals surface area (Å²) in [6.45, 7) is 1.54. The Balaban J connectivity index is 3.11. The van der Waals surface area contributed by atoms with Crippen molar-refractivity contribution in [2.24, 2.45) is 5.73 Å². The smallest absolute Gasteiger partial charge is 0.303 e. The van der Waals surface area contributed by atoms with E-state index < -0.39 is 17.8 Å². The summed E-state index contributed by atoms with van der Waals surface area (Å²) in [5, 5.41) is 8.57. The summed E-state index contributed by atoms with van der Waals surface area (Å²) in [6, 6.07) is 0.822. The Bertz CT molecular complexity index is 465. The average molecular weight is 276 g/mol. The lowest BCUT2D eigenvalue weighted by atomic mass is 9.99. The number of carbonyl (C=O) groups is 1. The molecule has 18 heavy (non-hydrogen) atoms. The van der Waals surface area contributed by atoms with Gasteiger partial charge in [0.1, 0.15) is 11.6 Å². The first kappa shape index (κ1) is 14.7. The zero-order valence-corrected chi connectivity index (χ0v) is 10.9. The van der Waals surface area contributed by atoms with E-state index in [1.54, 1.807) is 0 Å². The maximum absolute atomic E-state index is 13.6. The molecule has 1 unspecified atom stereocenters. The molecule has 3 N–H and O–H groups in total. The molecule has 1 rings (SSSR count). The van der Waals surface area contributed by atoms with Gasteiger partial charge in [-0.1, -0.05) is 11.6 Å². The Morgan fingerprint density at radius 2 is 2.28 bits per heavy atom. The number of hydrogen-bond acceptors (Lipinski definition) is 3. The van der Waals surface area contributed by atoms with Gasteiger partial charge in [0, 0.05) is 23.6 Å². The molecular weight excluding hydrogens is 261 g/mol. The van der Waals surface area contributed by atoms with E-state index in [0.717, 1.165) is 0 Å². The van der Waals surface area contributed by atoms with Gasteiger partial charge in [-0.15, -0.1) is 0 Å². The molecule has 0 amide bonds. The highest BCUT2D eigenvalue weighted by molar-refractivity contribution is 6.31. The summed E-state index contributed by atoms with van der Waals surface area (Å²) in [5.41, 5.74) is 6.67. The van der Waals surface area contributed by atoms with Crippen LogP contribution in [-0.2, 0) is 4.79 Å². The second-order valence-corrected chi connectivity index (χ2v) is 4.37. The molecule has 0 heterocycles. The van der Waals surface area contributed by atoms with Crippen molar-refractivity contribution < 1.29 is 19.0 Å². The van der Waals surface area contributed by atoms with Crippen LogP contribution in [0.2, 0.25) is 5.02 Å². The summed E-state index contributed by atoms with van der Waals surface area (Å²) >= 11 is 5.75. The Kier molecular flexibility index (Phi) is 4.93. The van der Waals surface area contributed by atoms with Gasteiger partial charge in [0.2, 0.25) is 0 Å². The van der Waals surface area contributed by atoms with E-state index in [2.05, 4.69) is 0 Å². The largest absolute Gasteiger partial charge is 0.496 e. The van der Waals surface area contributed by atoms with Crippen LogP contribution in [0.5, 0.6) is 5.75 Å². The summed E-state index contributed by atoms with van der Waals surface area (Å²) < 4.78 is 18.7. The van der Waals surface area contributed by atoms with Gasteiger partial charge in [0.05, 0.1) is 12.1 Å². The highest BCUT2D eigenvalue weighted by Crippen LogP contribution is 2.35. The van der Waals surface area contributed by atoms with E-state index in [4.69, 9.17) is 27.2 Å². The Hall–Kier alpha value is -1.33. The normalized spacial score (nSPS) is 12.3. The maximum atomic E-state index is 13.6. The van der Waals surface area contributed by atoms with Crippen LogP contribution in [0.15, 0.2) is 6.07 Å². The topological polar surface area (TPSA) is 72.5 Å². The highest BCUT2D eigenvalue weighted by atomic mass is 35.5. The minimum Gasteiger partial charge on any atom is -0.496 e. The molecule has 4 nitrogen and oxygen atoms in total. The van der Waals surface area contributed by atoms with Crippen molar-refractivity contribution in [2.45, 2.75) is 25.8 Å². The number of nitrogens with two attached hydrogens (primary N) is 1. The molecule has 1 aromatic rings. The van der Waals surface area contributed by atoms with Gasteiger partial charge in [0.25, 0.3) is 0 Å². The molecule has 6 heteroatoms. The molecule has 0 saturated heterocycles. The zero-order valence-electron chi connectivity index (χ0n) is 10.2. The van der Waals surface area contributed by atoms with Gasteiger partial charge in [-0.3, -0.25) is 4.79 Å². The van der Waals surface area contributed by atoms with Crippen LogP contribution in [0.4, 0.5) is 4.39 Å². The Morgan fingerprint density at radius 3 is 2.78 bits per heavy atom. The molecule has 1 atom stereocenters. The number of halogens is 2. The Labute approximate surface area is 109 Å². The molecule has 0 aliphatic rings. The lowest BCUT2D eigenvalue weighted by molar-refractivity contribution is -0.137. The van der Waals surface area contributed by atoms with E-state index in [0.29, 0.717) is 11.3 Å². The van der Waals surface area contributed by atoms with Gasteiger partial charge >= 0.3 is 5.97 Å². The molecule has 0 fully saturated rings. The number of benzene rings is 1. The first-order valence-corrected chi connectivity index (χ1v) is 5.76. The fourth-order valence-electron chi connectivity index (χ4n) is 1.74. The highest BCUT2D eigenvalue weighted by Gasteiger charge is 2.19. The van der Waals surface area contributed by atoms with Crippen molar-refractivity contribution in [1.29, 1.82) is 0 Å². The van der Waals surface area contributed by atoms with E-state index in [1.807, 2.05) is 0 Å². The zero-order chi connectivity index (χ0) is 13.9. The third-order valence-corrected chi connectivity index (χ3v) is 2.97. The van der Waals surface area contributed by atoms with Gasteiger partial charge in [-0.05, 0) is 19.4 Å². The third kappa shape index (κ3) is 3.11. The number of ether oxygens (including phenoxy) is 1.